The third kappa shape index (κ3) is 9.76. The summed E-state index contributed by atoms with van der Waals surface area (Å²) in [4.78, 5) is 69.4. The van der Waals surface area contributed by atoms with E-state index in [2.05, 4.69) is 88.5 Å². The van der Waals surface area contributed by atoms with E-state index in [1.54, 1.807) is 14.2 Å². The van der Waals surface area contributed by atoms with Crippen LogP contribution in [0.5, 0.6) is 5.75 Å². The zero-order chi connectivity index (χ0) is 49.9. The number of anilines is 1. The van der Waals surface area contributed by atoms with Gasteiger partial charge in [0.05, 0.1) is 47.9 Å². The molecular formula is C55H73N9O7. The second-order valence-electron chi connectivity index (χ2n) is 22.0. The molecule has 2 aromatic carbocycles. The van der Waals surface area contributed by atoms with Crippen molar-refractivity contribution >= 4 is 40.3 Å². The predicted molar refractivity (Wildman–Crippen MR) is 273 cm³/mol. The van der Waals surface area contributed by atoms with Crippen LogP contribution < -0.4 is 25.7 Å². The Hall–Kier alpha value is -5.55. The molecule has 16 heteroatoms. The normalized spacial score (nSPS) is 26.1. The van der Waals surface area contributed by atoms with Gasteiger partial charge in [0.25, 0.3) is 5.91 Å². The minimum Gasteiger partial charge on any atom is -0.492 e. The van der Waals surface area contributed by atoms with Gasteiger partial charge in [0.15, 0.2) is 0 Å². The standard InChI is InChI=1S/C55H73N9O7/c1-9-63-47-15-12-35-25-40(47)42(50(63)41-26-38(28-57-48(41)33(4)69-8)62-19-17-61(18-20-62)37-13-14-37)27-55(5,6)31-71-54(68)44-11-10-16-64(59-44)53(67)45-23-34-21-36(35)24-39(22-34)70-30-46-43(29-56-46)52(66)60(7)49(32(2)3)51(65)58-45/h12,15,21-22,24-26,28,32-33,37,43-46,49,56,59H,9-11,13-14,16-20,23,27,29-31H2,1-8H3,(H,58,65)/t33-,43-,44-,45-,46+,49-/m0/s1. The highest BCUT2D eigenvalue weighted by Crippen LogP contribution is 2.44. The second kappa shape index (κ2) is 19.8. The largest absolute Gasteiger partial charge is 0.492 e. The highest BCUT2D eigenvalue weighted by atomic mass is 16.5. The summed E-state index contributed by atoms with van der Waals surface area (Å²) in [6.07, 6.45) is 6.07. The van der Waals surface area contributed by atoms with Gasteiger partial charge in [0.1, 0.15) is 30.5 Å². The molecule has 8 bridgehead atoms. The smallest absolute Gasteiger partial charge is 0.324 e. The van der Waals surface area contributed by atoms with Crippen LogP contribution in [0.3, 0.4) is 0 Å². The molecule has 0 unspecified atom stereocenters. The van der Waals surface area contributed by atoms with Crippen molar-refractivity contribution in [2.24, 2.45) is 17.3 Å². The maximum Gasteiger partial charge on any atom is 0.324 e. The Kier molecular flexibility index (Phi) is 13.7. The molecule has 7 heterocycles. The van der Waals surface area contributed by atoms with Gasteiger partial charge in [0, 0.05) is 94.3 Å². The van der Waals surface area contributed by atoms with Gasteiger partial charge in [-0.25, -0.2) is 5.43 Å². The minimum atomic E-state index is -1.04. The number of benzene rings is 2. The number of likely N-dealkylation sites (N-methyl/N-ethyl adjacent to an activating group) is 1. The number of hydrogen-bond donors (Lipinski definition) is 3. The number of aryl methyl sites for hydroxylation is 1. The molecule has 71 heavy (non-hydrogen) atoms. The lowest BCUT2D eigenvalue weighted by Gasteiger charge is -2.41. The molecule has 4 fully saturated rings. The number of piperazine rings is 1. The summed E-state index contributed by atoms with van der Waals surface area (Å²) in [5.41, 5.74) is 11.6. The summed E-state index contributed by atoms with van der Waals surface area (Å²) in [6.45, 7) is 18.2. The van der Waals surface area contributed by atoms with Gasteiger partial charge in [0.2, 0.25) is 11.8 Å². The number of nitrogens with zero attached hydrogens (tertiary/aromatic N) is 6. The molecule has 3 N–H and O–H groups in total. The fourth-order valence-corrected chi connectivity index (χ4v) is 11.7. The first kappa shape index (κ1) is 49.0. The minimum absolute atomic E-state index is 0.131. The molecular weight excluding hydrogens is 899 g/mol. The third-order valence-electron chi connectivity index (χ3n) is 16.0. The van der Waals surface area contributed by atoms with Crippen molar-refractivity contribution in [2.75, 3.05) is 71.5 Å². The van der Waals surface area contributed by atoms with Crippen molar-refractivity contribution < 1.29 is 33.4 Å². The lowest BCUT2D eigenvalue weighted by Crippen LogP contribution is -2.65. The summed E-state index contributed by atoms with van der Waals surface area (Å²) in [5.74, 6) is -1.39. The molecule has 0 spiro atoms. The zero-order valence-corrected chi connectivity index (χ0v) is 42.9. The van der Waals surface area contributed by atoms with Crippen LogP contribution in [0.15, 0.2) is 48.7 Å². The molecule has 3 amide bonds. The number of carbonyl (C=O) groups is 4. The number of pyridine rings is 1. The molecule has 3 saturated heterocycles. The number of amides is 3. The van der Waals surface area contributed by atoms with Crippen LogP contribution >= 0.6 is 0 Å². The van der Waals surface area contributed by atoms with Crippen molar-refractivity contribution in [3.63, 3.8) is 0 Å². The fraction of sp³-hybridized carbons (Fsp3) is 0.582. The molecule has 1 aliphatic carbocycles. The molecule has 5 aliphatic heterocycles. The first-order chi connectivity index (χ1) is 34.1. The molecule has 16 nitrogen and oxygen atoms in total. The van der Waals surface area contributed by atoms with Crippen molar-refractivity contribution in [2.45, 2.75) is 123 Å². The van der Waals surface area contributed by atoms with Crippen LogP contribution in [-0.2, 0) is 48.0 Å². The van der Waals surface area contributed by atoms with E-state index in [1.165, 1.54) is 22.8 Å². The third-order valence-corrected chi connectivity index (χ3v) is 16.0. The average molecular weight is 972 g/mol. The van der Waals surface area contributed by atoms with Crippen LogP contribution in [-0.4, -0.2) is 145 Å². The molecule has 4 aromatic rings. The second-order valence-corrected chi connectivity index (χ2v) is 22.0. The number of ether oxygens (including phenoxy) is 3. The van der Waals surface area contributed by atoms with Crippen LogP contribution in [0, 0.1) is 17.3 Å². The Morgan fingerprint density at radius 3 is 2.39 bits per heavy atom. The molecule has 0 radical (unpaired) electrons. The van der Waals surface area contributed by atoms with E-state index in [-0.39, 0.29) is 55.4 Å². The Bertz CT molecular complexity index is 2690. The van der Waals surface area contributed by atoms with Gasteiger partial charge < -0.3 is 39.2 Å². The van der Waals surface area contributed by atoms with E-state index < -0.39 is 35.4 Å². The van der Waals surface area contributed by atoms with E-state index in [0.29, 0.717) is 44.6 Å². The van der Waals surface area contributed by atoms with E-state index >= 15 is 0 Å². The van der Waals surface area contributed by atoms with Crippen molar-refractivity contribution in [1.82, 2.24) is 40.4 Å². The quantitative estimate of drug-likeness (QED) is 0.200. The number of methoxy groups -OCH3 is 1. The van der Waals surface area contributed by atoms with E-state index in [0.717, 1.165) is 88.0 Å². The lowest BCUT2D eigenvalue weighted by molar-refractivity contribution is -0.155. The average Bonchev–Trinajstić information content (AvgIpc) is 4.17. The Morgan fingerprint density at radius 1 is 0.901 bits per heavy atom. The molecule has 10 rings (SSSR count). The van der Waals surface area contributed by atoms with Crippen LogP contribution in [0.1, 0.15) is 90.2 Å². The van der Waals surface area contributed by atoms with Crippen LogP contribution in [0.2, 0.25) is 0 Å². The number of carbonyl (C=O) groups excluding carboxylic acids is 4. The summed E-state index contributed by atoms with van der Waals surface area (Å²) in [5, 5.41) is 9.04. The number of aromatic nitrogens is 2. The number of rotatable bonds is 7. The SMILES string of the molecule is CCn1c(-c2cc(N3CCN(C4CC4)CC3)cnc2[C@H](C)OC)c2c3cc(ccc31)-c1cc3cc(c1)OC[C@H]1NC[C@@H]1C(=O)N(C)[C@@H](C(C)C)C(=O)N[C@@H](C3)C(=O)N1CCC[C@H](N1)C(=O)OCC(C)(C)C2. The summed E-state index contributed by atoms with van der Waals surface area (Å²) >= 11 is 0. The maximum atomic E-state index is 14.8. The van der Waals surface area contributed by atoms with Crippen molar-refractivity contribution in [3.05, 3.63) is 65.5 Å². The highest BCUT2D eigenvalue weighted by molar-refractivity contribution is 5.96. The van der Waals surface area contributed by atoms with Crippen LogP contribution in [0.25, 0.3) is 33.3 Å². The summed E-state index contributed by atoms with van der Waals surface area (Å²) < 4.78 is 21.3. The number of hydrogen-bond acceptors (Lipinski definition) is 12. The predicted octanol–water partition coefficient (Wildman–Crippen LogP) is 5.49. The number of fused-ring (bicyclic) bond motifs is 8. The van der Waals surface area contributed by atoms with Gasteiger partial charge in [-0.3, -0.25) is 34.1 Å². The van der Waals surface area contributed by atoms with Gasteiger partial charge >= 0.3 is 5.97 Å². The van der Waals surface area contributed by atoms with E-state index in [1.807, 2.05) is 32.2 Å². The first-order valence-electron chi connectivity index (χ1n) is 26.1. The Morgan fingerprint density at radius 2 is 1.69 bits per heavy atom. The highest BCUT2D eigenvalue weighted by Gasteiger charge is 2.43. The monoisotopic (exact) mass is 972 g/mol. The Balaban J connectivity index is 1.14. The van der Waals surface area contributed by atoms with Crippen LogP contribution in [0.4, 0.5) is 5.69 Å². The van der Waals surface area contributed by atoms with E-state index in [9.17, 15) is 19.2 Å². The van der Waals surface area contributed by atoms with Crippen molar-refractivity contribution in [1.29, 1.82) is 0 Å². The topological polar surface area (TPSA) is 163 Å². The van der Waals surface area contributed by atoms with E-state index in [4.69, 9.17) is 19.2 Å². The number of nitrogens with one attached hydrogen (secondary N) is 3. The first-order valence-corrected chi connectivity index (χ1v) is 26.1. The molecule has 6 atom stereocenters. The lowest BCUT2D eigenvalue weighted by atomic mass is 9.84. The fourth-order valence-electron chi connectivity index (χ4n) is 11.7. The number of cyclic esters (lactones) is 1. The number of esters is 1. The van der Waals surface area contributed by atoms with Crippen molar-refractivity contribution in [3.8, 4) is 28.1 Å². The molecule has 1 saturated carbocycles. The van der Waals surface area contributed by atoms with Gasteiger partial charge in [-0.15, -0.1) is 0 Å². The summed E-state index contributed by atoms with van der Waals surface area (Å²) in [6, 6.07) is 12.8. The number of hydrazine groups is 1. The maximum absolute atomic E-state index is 14.8. The van der Waals surface area contributed by atoms with Gasteiger partial charge in [-0.2, -0.15) is 0 Å². The van der Waals surface area contributed by atoms with Gasteiger partial charge in [-0.05, 0) is 104 Å². The summed E-state index contributed by atoms with van der Waals surface area (Å²) in [7, 11) is 3.40. The molecule has 380 valence electrons. The molecule has 6 aliphatic rings. The zero-order valence-electron chi connectivity index (χ0n) is 42.9. The molecule has 2 aromatic heterocycles. The van der Waals surface area contributed by atoms with Gasteiger partial charge in [-0.1, -0.05) is 39.8 Å². The Labute approximate surface area is 418 Å².